The zero-order chi connectivity index (χ0) is 21.5. The number of thiophene rings is 1. The van der Waals surface area contributed by atoms with E-state index in [1.54, 1.807) is 49.4 Å². The third-order valence-corrected chi connectivity index (χ3v) is 6.63. The SMILES string of the molecule is CC1CCc2c(sc3nc(COC(=O)C(C)(C)Oc4ccc(Cl)cc4)[nH]c(=O)c23)C1. The molecular weight excluding hydrogens is 424 g/mol. The maximum absolute atomic E-state index is 12.7. The van der Waals surface area contributed by atoms with Crippen LogP contribution in [0.3, 0.4) is 0 Å². The Morgan fingerprint density at radius 1 is 1.33 bits per heavy atom. The van der Waals surface area contributed by atoms with Crippen molar-refractivity contribution in [2.24, 2.45) is 5.92 Å². The number of carbonyl (C=O) groups excluding carboxylic acids is 1. The number of ether oxygens (including phenoxy) is 2. The maximum atomic E-state index is 12.7. The molecule has 2 heterocycles. The highest BCUT2D eigenvalue weighted by molar-refractivity contribution is 7.18. The minimum Gasteiger partial charge on any atom is -0.476 e. The summed E-state index contributed by atoms with van der Waals surface area (Å²) in [5, 5.41) is 1.27. The molecule has 4 rings (SSSR count). The molecule has 0 amide bonds. The minimum atomic E-state index is -1.21. The molecule has 0 fully saturated rings. The number of nitrogens with one attached hydrogen (secondary N) is 1. The first kappa shape index (κ1) is 20.9. The van der Waals surface area contributed by atoms with E-state index in [0.717, 1.165) is 24.8 Å². The van der Waals surface area contributed by atoms with Crippen LogP contribution in [0.15, 0.2) is 29.1 Å². The van der Waals surface area contributed by atoms with Crippen molar-refractivity contribution in [1.29, 1.82) is 0 Å². The quantitative estimate of drug-likeness (QED) is 0.576. The maximum Gasteiger partial charge on any atom is 0.350 e. The van der Waals surface area contributed by atoms with Crippen molar-refractivity contribution >= 4 is 39.1 Å². The van der Waals surface area contributed by atoms with Gasteiger partial charge >= 0.3 is 5.97 Å². The Morgan fingerprint density at radius 3 is 2.80 bits per heavy atom. The molecule has 1 N–H and O–H groups in total. The molecule has 0 saturated heterocycles. The lowest BCUT2D eigenvalue weighted by atomic mass is 9.89. The summed E-state index contributed by atoms with van der Waals surface area (Å²) >= 11 is 7.44. The van der Waals surface area contributed by atoms with Gasteiger partial charge in [-0.25, -0.2) is 9.78 Å². The molecule has 0 bridgehead atoms. The lowest BCUT2D eigenvalue weighted by Crippen LogP contribution is -2.39. The van der Waals surface area contributed by atoms with E-state index >= 15 is 0 Å². The lowest BCUT2D eigenvalue weighted by molar-refractivity contribution is -0.161. The van der Waals surface area contributed by atoms with Gasteiger partial charge in [-0.2, -0.15) is 0 Å². The Kier molecular flexibility index (Phi) is 5.59. The second-order valence-electron chi connectivity index (χ2n) is 8.19. The van der Waals surface area contributed by atoms with E-state index in [0.29, 0.717) is 32.7 Å². The van der Waals surface area contributed by atoms with E-state index in [9.17, 15) is 9.59 Å². The van der Waals surface area contributed by atoms with Crippen molar-refractivity contribution in [2.45, 2.75) is 52.2 Å². The number of fused-ring (bicyclic) bond motifs is 3. The predicted octanol–water partition coefficient (Wildman–Crippen LogP) is 4.66. The summed E-state index contributed by atoms with van der Waals surface area (Å²) in [6, 6.07) is 6.74. The number of nitrogens with zero attached hydrogens (tertiary/aromatic N) is 1. The number of esters is 1. The fraction of sp³-hybridized carbons (Fsp3) is 0.409. The Balaban J connectivity index is 1.48. The standard InChI is InChI=1S/C22H23ClN2O4S/c1-12-4-9-15-16(10-12)30-20-18(15)19(26)24-17(25-20)11-28-21(27)22(2,3)29-14-7-5-13(23)6-8-14/h5-8,12H,4,9-11H2,1-3H3,(H,24,25,26). The van der Waals surface area contributed by atoms with Gasteiger partial charge in [-0.1, -0.05) is 18.5 Å². The van der Waals surface area contributed by atoms with Gasteiger partial charge in [-0.15, -0.1) is 11.3 Å². The molecule has 30 heavy (non-hydrogen) atoms. The molecule has 1 aliphatic rings. The summed E-state index contributed by atoms with van der Waals surface area (Å²) < 4.78 is 11.1. The highest BCUT2D eigenvalue weighted by Gasteiger charge is 2.32. The van der Waals surface area contributed by atoms with Crippen LogP contribution < -0.4 is 10.3 Å². The highest BCUT2D eigenvalue weighted by Crippen LogP contribution is 2.35. The van der Waals surface area contributed by atoms with Gasteiger partial charge in [-0.05, 0) is 68.9 Å². The first-order valence-corrected chi connectivity index (χ1v) is 11.1. The molecule has 1 aromatic carbocycles. The van der Waals surface area contributed by atoms with Crippen molar-refractivity contribution in [3.63, 3.8) is 0 Å². The normalized spacial score (nSPS) is 16.3. The molecule has 8 heteroatoms. The van der Waals surface area contributed by atoms with Crippen molar-refractivity contribution in [1.82, 2.24) is 9.97 Å². The van der Waals surface area contributed by atoms with Gasteiger partial charge in [0.05, 0.1) is 5.39 Å². The number of halogens is 1. The van der Waals surface area contributed by atoms with Crippen LogP contribution in [-0.2, 0) is 29.0 Å². The Hall–Kier alpha value is -2.38. The second kappa shape index (κ2) is 8.04. The minimum absolute atomic E-state index is 0.129. The highest BCUT2D eigenvalue weighted by atomic mass is 35.5. The number of rotatable bonds is 5. The molecule has 6 nitrogen and oxygen atoms in total. The van der Waals surface area contributed by atoms with Crippen LogP contribution in [0.4, 0.5) is 0 Å². The van der Waals surface area contributed by atoms with E-state index in [2.05, 4.69) is 16.9 Å². The average molecular weight is 447 g/mol. The van der Waals surface area contributed by atoms with Gasteiger partial charge in [-0.3, -0.25) is 4.79 Å². The van der Waals surface area contributed by atoms with Gasteiger partial charge in [0.15, 0.2) is 5.60 Å². The summed E-state index contributed by atoms with van der Waals surface area (Å²) in [6.45, 7) is 5.34. The molecule has 3 aromatic rings. The molecule has 1 atom stereocenters. The van der Waals surface area contributed by atoms with Crippen LogP contribution in [0.1, 0.15) is 43.5 Å². The predicted molar refractivity (Wildman–Crippen MR) is 117 cm³/mol. The average Bonchev–Trinajstić information content (AvgIpc) is 3.05. The van der Waals surface area contributed by atoms with E-state index < -0.39 is 11.6 Å². The van der Waals surface area contributed by atoms with Crippen LogP contribution in [0, 0.1) is 5.92 Å². The zero-order valence-corrected chi connectivity index (χ0v) is 18.7. The smallest absolute Gasteiger partial charge is 0.350 e. The molecule has 158 valence electrons. The molecular formula is C22H23ClN2O4S. The van der Waals surface area contributed by atoms with Crippen LogP contribution in [0.2, 0.25) is 5.02 Å². The molecule has 0 spiro atoms. The topological polar surface area (TPSA) is 81.3 Å². The number of hydrogen-bond acceptors (Lipinski definition) is 6. The van der Waals surface area contributed by atoms with Crippen LogP contribution in [0.5, 0.6) is 5.75 Å². The van der Waals surface area contributed by atoms with Crippen molar-refractivity contribution in [3.05, 3.63) is 55.9 Å². The lowest BCUT2D eigenvalue weighted by Gasteiger charge is -2.24. The third-order valence-electron chi connectivity index (χ3n) is 5.23. The van der Waals surface area contributed by atoms with Gasteiger partial charge in [0.2, 0.25) is 0 Å². The number of benzene rings is 1. The molecule has 1 aliphatic carbocycles. The zero-order valence-electron chi connectivity index (χ0n) is 17.1. The second-order valence-corrected chi connectivity index (χ2v) is 9.71. The Labute approximate surface area is 183 Å². The molecule has 0 aliphatic heterocycles. The summed E-state index contributed by atoms with van der Waals surface area (Å²) in [5.74, 6) is 0.898. The summed E-state index contributed by atoms with van der Waals surface area (Å²) in [4.78, 5) is 34.5. The number of carbonyl (C=O) groups is 1. The number of H-pyrrole nitrogens is 1. The number of aromatic amines is 1. The van der Waals surface area contributed by atoms with Crippen molar-refractivity contribution < 1.29 is 14.3 Å². The van der Waals surface area contributed by atoms with Gasteiger partial charge in [0.1, 0.15) is 23.0 Å². The van der Waals surface area contributed by atoms with Crippen molar-refractivity contribution in [2.75, 3.05) is 0 Å². The van der Waals surface area contributed by atoms with E-state index in [1.165, 1.54) is 4.88 Å². The third kappa shape index (κ3) is 4.23. The van der Waals surface area contributed by atoms with Crippen molar-refractivity contribution in [3.8, 4) is 5.75 Å². The Morgan fingerprint density at radius 2 is 2.07 bits per heavy atom. The summed E-state index contributed by atoms with van der Waals surface area (Å²) in [6.07, 6.45) is 2.97. The monoisotopic (exact) mass is 446 g/mol. The molecule has 0 saturated carbocycles. The van der Waals surface area contributed by atoms with Gasteiger partial charge in [0, 0.05) is 9.90 Å². The summed E-state index contributed by atoms with van der Waals surface area (Å²) in [7, 11) is 0. The van der Waals surface area contributed by atoms with E-state index in [4.69, 9.17) is 21.1 Å². The largest absolute Gasteiger partial charge is 0.476 e. The fourth-order valence-corrected chi connectivity index (χ4v) is 5.14. The van der Waals surface area contributed by atoms with E-state index in [-0.39, 0.29) is 12.2 Å². The first-order chi connectivity index (χ1) is 14.2. The van der Waals surface area contributed by atoms with E-state index in [1.807, 2.05) is 0 Å². The van der Waals surface area contributed by atoms with Crippen LogP contribution >= 0.6 is 22.9 Å². The summed E-state index contributed by atoms with van der Waals surface area (Å²) in [5.41, 5.74) is -0.256. The number of aromatic nitrogens is 2. The number of hydrogen-bond donors (Lipinski definition) is 1. The van der Waals surface area contributed by atoms with Gasteiger partial charge < -0.3 is 14.5 Å². The Bertz CT molecular complexity index is 1150. The van der Waals surface area contributed by atoms with Crippen LogP contribution in [0.25, 0.3) is 10.2 Å². The first-order valence-electron chi connectivity index (χ1n) is 9.88. The molecule has 1 unspecified atom stereocenters. The van der Waals surface area contributed by atoms with Gasteiger partial charge in [0.25, 0.3) is 5.56 Å². The van der Waals surface area contributed by atoms with Crippen LogP contribution in [-0.4, -0.2) is 21.5 Å². The molecule has 2 aromatic heterocycles. The molecule has 0 radical (unpaired) electrons. The fourth-order valence-electron chi connectivity index (χ4n) is 3.61. The number of aryl methyl sites for hydroxylation is 1.